The first-order valence-corrected chi connectivity index (χ1v) is 7.86. The summed E-state index contributed by atoms with van der Waals surface area (Å²) < 4.78 is 0. The SMILES string of the molecule is CC/C=C(/C=C(\CCC)c1ccccc1)c1ccccc1. The molecular formula is C21H24. The summed E-state index contributed by atoms with van der Waals surface area (Å²) in [5.41, 5.74) is 5.37. The molecule has 0 saturated carbocycles. The minimum atomic E-state index is 1.05. The second kappa shape index (κ2) is 8.26. The monoisotopic (exact) mass is 276 g/mol. The molecule has 0 bridgehead atoms. The molecule has 0 aliphatic rings. The van der Waals surface area contributed by atoms with Crippen molar-refractivity contribution >= 4 is 11.1 Å². The summed E-state index contributed by atoms with van der Waals surface area (Å²) in [6.07, 6.45) is 7.99. The van der Waals surface area contributed by atoms with E-state index in [4.69, 9.17) is 0 Å². The maximum absolute atomic E-state index is 2.36. The molecule has 0 unspecified atom stereocenters. The van der Waals surface area contributed by atoms with Gasteiger partial charge in [0.2, 0.25) is 0 Å². The van der Waals surface area contributed by atoms with Crippen LogP contribution in [0, 0.1) is 0 Å². The van der Waals surface area contributed by atoms with Crippen LogP contribution >= 0.6 is 0 Å². The van der Waals surface area contributed by atoms with E-state index in [-0.39, 0.29) is 0 Å². The minimum absolute atomic E-state index is 1.05. The van der Waals surface area contributed by atoms with Crippen molar-refractivity contribution < 1.29 is 0 Å². The van der Waals surface area contributed by atoms with E-state index in [1.165, 1.54) is 22.3 Å². The van der Waals surface area contributed by atoms with Crippen LogP contribution in [-0.4, -0.2) is 0 Å². The molecular weight excluding hydrogens is 252 g/mol. The van der Waals surface area contributed by atoms with Crippen molar-refractivity contribution in [2.75, 3.05) is 0 Å². The van der Waals surface area contributed by atoms with Crippen LogP contribution in [0.3, 0.4) is 0 Å². The number of allylic oxidation sites excluding steroid dienone is 4. The van der Waals surface area contributed by atoms with Gasteiger partial charge in [-0.05, 0) is 35.1 Å². The Hall–Kier alpha value is -2.08. The highest BCUT2D eigenvalue weighted by Crippen LogP contribution is 2.26. The third-order valence-electron chi connectivity index (χ3n) is 3.52. The summed E-state index contributed by atoms with van der Waals surface area (Å²) in [5, 5.41) is 0. The predicted molar refractivity (Wildman–Crippen MR) is 94.0 cm³/mol. The quantitative estimate of drug-likeness (QED) is 0.538. The van der Waals surface area contributed by atoms with Crippen molar-refractivity contribution in [1.82, 2.24) is 0 Å². The van der Waals surface area contributed by atoms with Gasteiger partial charge < -0.3 is 0 Å². The van der Waals surface area contributed by atoms with Gasteiger partial charge in [0.05, 0.1) is 0 Å². The van der Waals surface area contributed by atoms with Gasteiger partial charge in [-0.1, -0.05) is 93.1 Å². The molecule has 0 radical (unpaired) electrons. The van der Waals surface area contributed by atoms with Crippen LogP contribution in [0.4, 0.5) is 0 Å². The van der Waals surface area contributed by atoms with Crippen molar-refractivity contribution in [3.05, 3.63) is 83.9 Å². The van der Waals surface area contributed by atoms with E-state index in [1.807, 2.05) is 0 Å². The molecule has 0 aromatic heterocycles. The molecule has 0 aliphatic heterocycles. The maximum Gasteiger partial charge on any atom is -0.0187 e. The highest BCUT2D eigenvalue weighted by Gasteiger charge is 2.03. The third kappa shape index (κ3) is 4.46. The molecule has 0 nitrogen and oxygen atoms in total. The second-order valence-electron chi connectivity index (χ2n) is 5.22. The molecule has 0 spiro atoms. The Bertz CT molecular complexity index is 588. The fourth-order valence-electron chi connectivity index (χ4n) is 2.52. The summed E-state index contributed by atoms with van der Waals surface area (Å²) in [5.74, 6) is 0. The van der Waals surface area contributed by atoms with E-state index in [0.29, 0.717) is 0 Å². The first kappa shape index (κ1) is 15.3. The lowest BCUT2D eigenvalue weighted by Gasteiger charge is -2.10. The van der Waals surface area contributed by atoms with Gasteiger partial charge in [-0.25, -0.2) is 0 Å². The Kier molecular flexibility index (Phi) is 6.02. The summed E-state index contributed by atoms with van der Waals surface area (Å²) in [4.78, 5) is 0. The van der Waals surface area contributed by atoms with Crippen LogP contribution in [0.2, 0.25) is 0 Å². The smallest absolute Gasteiger partial charge is 0.0187 e. The first-order chi connectivity index (χ1) is 10.3. The first-order valence-electron chi connectivity index (χ1n) is 7.86. The molecule has 2 aromatic rings. The number of hydrogen-bond acceptors (Lipinski definition) is 0. The Morgan fingerprint density at radius 3 is 1.90 bits per heavy atom. The van der Waals surface area contributed by atoms with Gasteiger partial charge in [-0.15, -0.1) is 0 Å². The molecule has 2 rings (SSSR count). The summed E-state index contributed by atoms with van der Waals surface area (Å²) in [6, 6.07) is 21.4. The lowest BCUT2D eigenvalue weighted by atomic mass is 9.95. The normalized spacial score (nSPS) is 12.5. The average molecular weight is 276 g/mol. The molecule has 108 valence electrons. The molecule has 0 amide bonds. The van der Waals surface area contributed by atoms with Gasteiger partial charge in [0.25, 0.3) is 0 Å². The molecule has 0 heterocycles. The van der Waals surface area contributed by atoms with Crippen LogP contribution in [0.25, 0.3) is 11.1 Å². The minimum Gasteiger partial charge on any atom is -0.0769 e. The Balaban J connectivity index is 2.41. The van der Waals surface area contributed by atoms with Gasteiger partial charge in [-0.3, -0.25) is 0 Å². The molecule has 0 saturated heterocycles. The Morgan fingerprint density at radius 1 is 0.810 bits per heavy atom. The van der Waals surface area contributed by atoms with Crippen molar-refractivity contribution in [3.63, 3.8) is 0 Å². The summed E-state index contributed by atoms with van der Waals surface area (Å²) in [6.45, 7) is 4.43. The molecule has 0 heteroatoms. The van der Waals surface area contributed by atoms with E-state index in [9.17, 15) is 0 Å². The zero-order valence-electron chi connectivity index (χ0n) is 13.0. The number of hydrogen-bond donors (Lipinski definition) is 0. The number of benzene rings is 2. The van der Waals surface area contributed by atoms with E-state index in [1.54, 1.807) is 0 Å². The molecule has 0 atom stereocenters. The van der Waals surface area contributed by atoms with Gasteiger partial charge in [0, 0.05) is 0 Å². The third-order valence-corrected chi connectivity index (χ3v) is 3.52. The molecule has 2 aromatic carbocycles. The lowest BCUT2D eigenvalue weighted by Crippen LogP contribution is -1.87. The topological polar surface area (TPSA) is 0 Å². The molecule has 0 fully saturated rings. The van der Waals surface area contributed by atoms with Gasteiger partial charge in [-0.2, -0.15) is 0 Å². The van der Waals surface area contributed by atoms with E-state index < -0.39 is 0 Å². The van der Waals surface area contributed by atoms with Crippen molar-refractivity contribution in [3.8, 4) is 0 Å². The Morgan fingerprint density at radius 2 is 1.38 bits per heavy atom. The fourth-order valence-corrected chi connectivity index (χ4v) is 2.52. The highest BCUT2D eigenvalue weighted by atomic mass is 14.1. The second-order valence-corrected chi connectivity index (χ2v) is 5.22. The summed E-state index contributed by atoms with van der Waals surface area (Å²) >= 11 is 0. The Labute approximate surface area is 128 Å². The number of rotatable bonds is 6. The van der Waals surface area contributed by atoms with Crippen molar-refractivity contribution in [2.45, 2.75) is 33.1 Å². The van der Waals surface area contributed by atoms with Crippen LogP contribution < -0.4 is 0 Å². The standard InChI is InChI=1S/C21H24/c1-3-11-20(18-13-7-5-8-14-18)17-21(12-4-2)19-15-9-6-10-16-19/h5-11,13-17H,3-4,12H2,1-2H3/b20-11-,21-17+. The van der Waals surface area contributed by atoms with Crippen molar-refractivity contribution in [1.29, 1.82) is 0 Å². The van der Waals surface area contributed by atoms with Crippen LogP contribution in [0.15, 0.2) is 72.8 Å². The predicted octanol–water partition coefficient (Wildman–Crippen LogP) is 6.36. The van der Waals surface area contributed by atoms with Crippen molar-refractivity contribution in [2.24, 2.45) is 0 Å². The van der Waals surface area contributed by atoms with E-state index in [2.05, 4.69) is 86.7 Å². The maximum atomic E-state index is 2.36. The van der Waals surface area contributed by atoms with Crippen LogP contribution in [0.5, 0.6) is 0 Å². The molecule has 0 N–H and O–H groups in total. The molecule has 21 heavy (non-hydrogen) atoms. The van der Waals surface area contributed by atoms with E-state index in [0.717, 1.165) is 19.3 Å². The highest BCUT2D eigenvalue weighted by molar-refractivity contribution is 5.83. The zero-order chi connectivity index (χ0) is 14.9. The van der Waals surface area contributed by atoms with Gasteiger partial charge in [0.15, 0.2) is 0 Å². The fraction of sp³-hybridized carbons (Fsp3) is 0.238. The van der Waals surface area contributed by atoms with Crippen LogP contribution in [-0.2, 0) is 0 Å². The van der Waals surface area contributed by atoms with E-state index >= 15 is 0 Å². The van der Waals surface area contributed by atoms with Gasteiger partial charge >= 0.3 is 0 Å². The molecule has 0 aliphatic carbocycles. The van der Waals surface area contributed by atoms with Crippen LogP contribution in [0.1, 0.15) is 44.2 Å². The zero-order valence-corrected chi connectivity index (χ0v) is 13.0. The summed E-state index contributed by atoms with van der Waals surface area (Å²) in [7, 11) is 0. The van der Waals surface area contributed by atoms with Gasteiger partial charge in [0.1, 0.15) is 0 Å². The average Bonchev–Trinajstić information content (AvgIpc) is 2.55. The largest absolute Gasteiger partial charge is 0.0769 e. The lowest BCUT2D eigenvalue weighted by molar-refractivity contribution is 0.973.